The fourth-order valence-corrected chi connectivity index (χ4v) is 3.06. The molecule has 7 heteroatoms. The SMILES string of the molecule is O=C(Cc1ccc2c(c1)OCO2)N[C@@H]1COCC[C@H]1Oc1ccccn1. The zero-order valence-electron chi connectivity index (χ0n) is 14.2. The number of pyridine rings is 1. The predicted octanol–water partition coefficient (Wildman–Crippen LogP) is 1.71. The zero-order valence-corrected chi connectivity index (χ0v) is 14.2. The highest BCUT2D eigenvalue weighted by atomic mass is 16.7. The van der Waals surface area contributed by atoms with Gasteiger partial charge in [0.15, 0.2) is 11.5 Å². The van der Waals surface area contributed by atoms with E-state index in [-0.39, 0.29) is 31.3 Å². The molecule has 1 amide bonds. The van der Waals surface area contributed by atoms with Gasteiger partial charge in [0.05, 0.1) is 25.7 Å². The maximum atomic E-state index is 12.5. The minimum atomic E-state index is -0.215. The molecule has 0 saturated carbocycles. The lowest BCUT2D eigenvalue weighted by atomic mass is 10.1. The molecule has 0 bridgehead atoms. The van der Waals surface area contributed by atoms with E-state index in [0.29, 0.717) is 37.0 Å². The minimum Gasteiger partial charge on any atom is -0.472 e. The summed E-state index contributed by atoms with van der Waals surface area (Å²) in [6, 6.07) is 10.8. The van der Waals surface area contributed by atoms with E-state index in [2.05, 4.69) is 10.3 Å². The summed E-state index contributed by atoms with van der Waals surface area (Å²) in [6.45, 7) is 1.24. The largest absolute Gasteiger partial charge is 0.472 e. The second-order valence-corrected chi connectivity index (χ2v) is 6.23. The second-order valence-electron chi connectivity index (χ2n) is 6.23. The minimum absolute atomic E-state index is 0.0889. The van der Waals surface area contributed by atoms with E-state index in [4.69, 9.17) is 18.9 Å². The Bertz CT molecular complexity index is 768. The lowest BCUT2D eigenvalue weighted by Gasteiger charge is -2.32. The molecule has 2 atom stereocenters. The zero-order chi connectivity index (χ0) is 17.8. The third-order valence-electron chi connectivity index (χ3n) is 4.35. The molecule has 2 aliphatic heterocycles. The van der Waals surface area contributed by atoms with Crippen molar-refractivity contribution in [3.05, 3.63) is 48.2 Å². The number of amides is 1. The highest BCUT2D eigenvalue weighted by Gasteiger charge is 2.29. The molecule has 1 aromatic carbocycles. The number of aromatic nitrogens is 1. The van der Waals surface area contributed by atoms with Gasteiger partial charge in [0.1, 0.15) is 6.10 Å². The number of nitrogens with one attached hydrogen (secondary N) is 1. The standard InChI is InChI=1S/C19H20N2O5/c22-18(10-13-4-5-16-17(9-13)25-12-24-16)21-14-11-23-8-6-15(14)26-19-3-1-2-7-20-19/h1-5,7,9,14-15H,6,8,10-12H2,(H,21,22)/t14-,15-/m1/s1. The molecule has 1 saturated heterocycles. The van der Waals surface area contributed by atoms with Crippen molar-refractivity contribution in [2.45, 2.75) is 25.0 Å². The predicted molar refractivity (Wildman–Crippen MR) is 92.3 cm³/mol. The Balaban J connectivity index is 1.37. The molecule has 0 spiro atoms. The summed E-state index contributed by atoms with van der Waals surface area (Å²) in [7, 11) is 0. The first-order chi connectivity index (χ1) is 12.8. The van der Waals surface area contributed by atoms with Gasteiger partial charge in [0.2, 0.25) is 18.6 Å². The molecule has 2 aliphatic rings. The van der Waals surface area contributed by atoms with Crippen LogP contribution in [0.1, 0.15) is 12.0 Å². The van der Waals surface area contributed by atoms with Gasteiger partial charge in [-0.3, -0.25) is 4.79 Å². The average Bonchev–Trinajstić information content (AvgIpc) is 3.12. The van der Waals surface area contributed by atoms with Gasteiger partial charge in [-0.25, -0.2) is 4.98 Å². The van der Waals surface area contributed by atoms with E-state index in [9.17, 15) is 4.79 Å². The van der Waals surface area contributed by atoms with Gasteiger partial charge in [0, 0.05) is 18.7 Å². The molecule has 1 fully saturated rings. The van der Waals surface area contributed by atoms with Crippen LogP contribution in [0.15, 0.2) is 42.6 Å². The van der Waals surface area contributed by atoms with E-state index >= 15 is 0 Å². The second kappa shape index (κ2) is 7.61. The molecule has 1 aromatic heterocycles. The summed E-state index contributed by atoms with van der Waals surface area (Å²) in [5, 5.41) is 3.02. The van der Waals surface area contributed by atoms with Crippen LogP contribution in [0.3, 0.4) is 0 Å². The molecule has 0 aliphatic carbocycles. The van der Waals surface area contributed by atoms with Gasteiger partial charge in [0.25, 0.3) is 0 Å². The highest BCUT2D eigenvalue weighted by Crippen LogP contribution is 2.32. The summed E-state index contributed by atoms with van der Waals surface area (Å²) in [5.41, 5.74) is 0.866. The molecule has 136 valence electrons. The molecule has 0 radical (unpaired) electrons. The van der Waals surface area contributed by atoms with Crippen molar-refractivity contribution < 1.29 is 23.7 Å². The Labute approximate surface area is 151 Å². The van der Waals surface area contributed by atoms with Crippen LogP contribution in [-0.4, -0.2) is 43.0 Å². The number of hydrogen-bond acceptors (Lipinski definition) is 6. The van der Waals surface area contributed by atoms with E-state index in [1.807, 2.05) is 30.3 Å². The molecule has 26 heavy (non-hydrogen) atoms. The van der Waals surface area contributed by atoms with Gasteiger partial charge in [-0.15, -0.1) is 0 Å². The summed E-state index contributed by atoms with van der Waals surface area (Å²) >= 11 is 0. The quantitative estimate of drug-likeness (QED) is 0.879. The fraction of sp³-hybridized carbons (Fsp3) is 0.368. The lowest BCUT2D eigenvalue weighted by Crippen LogP contribution is -2.52. The number of hydrogen-bond donors (Lipinski definition) is 1. The summed E-state index contributed by atoms with van der Waals surface area (Å²) < 4.78 is 22.1. The van der Waals surface area contributed by atoms with Crippen LogP contribution in [0, 0.1) is 0 Å². The topological polar surface area (TPSA) is 78.9 Å². The number of fused-ring (bicyclic) bond motifs is 1. The van der Waals surface area contributed by atoms with Crippen LogP contribution >= 0.6 is 0 Å². The highest BCUT2D eigenvalue weighted by molar-refractivity contribution is 5.79. The molecular formula is C19H20N2O5. The number of ether oxygens (including phenoxy) is 4. The van der Waals surface area contributed by atoms with Crippen LogP contribution in [0.2, 0.25) is 0 Å². The van der Waals surface area contributed by atoms with Crippen molar-refractivity contribution in [1.29, 1.82) is 0 Å². The molecule has 2 aromatic rings. The molecule has 1 N–H and O–H groups in total. The lowest BCUT2D eigenvalue weighted by molar-refractivity contribution is -0.123. The smallest absolute Gasteiger partial charge is 0.231 e. The fourth-order valence-electron chi connectivity index (χ4n) is 3.06. The molecule has 7 nitrogen and oxygen atoms in total. The summed E-state index contributed by atoms with van der Waals surface area (Å²) in [6.07, 6.45) is 2.47. The molecular weight excluding hydrogens is 336 g/mol. The first kappa shape index (κ1) is 16.7. The van der Waals surface area contributed by atoms with E-state index in [1.165, 1.54) is 0 Å². The van der Waals surface area contributed by atoms with Gasteiger partial charge < -0.3 is 24.3 Å². The summed E-state index contributed by atoms with van der Waals surface area (Å²) in [4.78, 5) is 16.7. The van der Waals surface area contributed by atoms with Crippen LogP contribution in [0.5, 0.6) is 17.4 Å². The van der Waals surface area contributed by atoms with Crippen molar-refractivity contribution in [3.8, 4) is 17.4 Å². The van der Waals surface area contributed by atoms with Crippen LogP contribution in [-0.2, 0) is 16.0 Å². The number of nitrogens with zero attached hydrogens (tertiary/aromatic N) is 1. The number of carbonyl (C=O) groups is 1. The Morgan fingerprint density at radius 3 is 3.04 bits per heavy atom. The van der Waals surface area contributed by atoms with Gasteiger partial charge in [-0.2, -0.15) is 0 Å². The van der Waals surface area contributed by atoms with Crippen molar-refractivity contribution in [2.75, 3.05) is 20.0 Å². The van der Waals surface area contributed by atoms with Crippen molar-refractivity contribution >= 4 is 5.91 Å². The third-order valence-corrected chi connectivity index (χ3v) is 4.35. The molecule has 0 unspecified atom stereocenters. The van der Waals surface area contributed by atoms with Gasteiger partial charge >= 0.3 is 0 Å². The first-order valence-corrected chi connectivity index (χ1v) is 8.61. The Morgan fingerprint density at radius 2 is 2.15 bits per heavy atom. The van der Waals surface area contributed by atoms with E-state index in [1.54, 1.807) is 12.3 Å². The van der Waals surface area contributed by atoms with Crippen LogP contribution < -0.4 is 19.5 Å². The number of benzene rings is 1. The average molecular weight is 356 g/mol. The maximum absolute atomic E-state index is 12.5. The number of carbonyl (C=O) groups excluding carboxylic acids is 1. The third kappa shape index (κ3) is 3.88. The Morgan fingerprint density at radius 1 is 1.23 bits per heavy atom. The molecule has 4 rings (SSSR count). The van der Waals surface area contributed by atoms with Crippen molar-refractivity contribution in [1.82, 2.24) is 10.3 Å². The van der Waals surface area contributed by atoms with Crippen molar-refractivity contribution in [2.24, 2.45) is 0 Å². The summed E-state index contributed by atoms with van der Waals surface area (Å²) in [5.74, 6) is 1.84. The Hall–Kier alpha value is -2.80. The first-order valence-electron chi connectivity index (χ1n) is 8.61. The van der Waals surface area contributed by atoms with Crippen LogP contribution in [0.25, 0.3) is 0 Å². The molecule has 3 heterocycles. The van der Waals surface area contributed by atoms with E-state index < -0.39 is 0 Å². The van der Waals surface area contributed by atoms with Gasteiger partial charge in [-0.05, 0) is 23.8 Å². The van der Waals surface area contributed by atoms with Gasteiger partial charge in [-0.1, -0.05) is 12.1 Å². The normalized spacial score (nSPS) is 21.2. The van der Waals surface area contributed by atoms with E-state index in [0.717, 1.165) is 5.56 Å². The monoisotopic (exact) mass is 356 g/mol. The maximum Gasteiger partial charge on any atom is 0.231 e. The van der Waals surface area contributed by atoms with Crippen molar-refractivity contribution in [3.63, 3.8) is 0 Å². The Kier molecular flexibility index (Phi) is 4.88. The van der Waals surface area contributed by atoms with Crippen LogP contribution in [0.4, 0.5) is 0 Å². The number of rotatable bonds is 5.